The van der Waals surface area contributed by atoms with E-state index in [-0.39, 0.29) is 30.1 Å². The van der Waals surface area contributed by atoms with E-state index in [9.17, 15) is 13.2 Å². The van der Waals surface area contributed by atoms with Crippen LogP contribution in [0.1, 0.15) is 19.3 Å². The third-order valence-corrected chi connectivity index (χ3v) is 9.64. The molecule has 0 spiro atoms. The lowest BCUT2D eigenvalue weighted by Crippen LogP contribution is -2.43. The van der Waals surface area contributed by atoms with Crippen LogP contribution in [0.2, 0.25) is 0 Å². The number of nitrogens with zero attached hydrogens (tertiary/aromatic N) is 6. The number of hydrogen-bond acceptors (Lipinski definition) is 11. The third-order valence-electron chi connectivity index (χ3n) is 6.17. The molecular weight excluding hydrogens is 522 g/mol. The Morgan fingerprint density at radius 1 is 1.17 bits per heavy atom. The molecule has 1 N–H and O–H groups in total. The summed E-state index contributed by atoms with van der Waals surface area (Å²) in [6.45, 7) is 0.888. The predicted molar refractivity (Wildman–Crippen MR) is 137 cm³/mol. The van der Waals surface area contributed by atoms with Gasteiger partial charge < -0.3 is 10.1 Å². The van der Waals surface area contributed by atoms with Crippen LogP contribution in [0.5, 0.6) is 5.88 Å². The zero-order chi connectivity index (χ0) is 24.7. The Balaban J connectivity index is 1.13. The highest BCUT2D eigenvalue weighted by atomic mass is 32.2. The molecule has 3 aromatic heterocycles. The van der Waals surface area contributed by atoms with Crippen molar-refractivity contribution in [3.8, 4) is 5.88 Å². The number of sulfone groups is 1. The highest BCUT2D eigenvalue weighted by Gasteiger charge is 2.23. The Bertz CT molecular complexity index is 1530. The molecule has 1 aromatic carbocycles. The van der Waals surface area contributed by atoms with Crippen molar-refractivity contribution in [2.24, 2.45) is 0 Å². The minimum Gasteiger partial charge on any atom is -0.473 e. The SMILES string of the molecule is O=C(CN1CCS(=O)(=O)CC1)Nc1nc2ccc(Sc3nnc4ccc(OC5CCC5)nn34)cc2s1. The summed E-state index contributed by atoms with van der Waals surface area (Å²) in [5.74, 6) is 0.545. The van der Waals surface area contributed by atoms with Crippen molar-refractivity contribution in [3.05, 3.63) is 30.3 Å². The van der Waals surface area contributed by atoms with E-state index in [2.05, 4.69) is 25.6 Å². The average molecular weight is 546 g/mol. The number of hydrogen-bond donors (Lipinski definition) is 1. The van der Waals surface area contributed by atoms with Crippen LogP contribution >= 0.6 is 23.1 Å². The van der Waals surface area contributed by atoms with Crippen molar-refractivity contribution >= 4 is 59.8 Å². The quantitative estimate of drug-likeness (QED) is 0.369. The molecule has 6 rings (SSSR count). The molecule has 1 saturated carbocycles. The maximum atomic E-state index is 12.5. The molecule has 2 fully saturated rings. The van der Waals surface area contributed by atoms with E-state index in [4.69, 9.17) is 4.74 Å². The topological polar surface area (TPSA) is 132 Å². The molecule has 11 nitrogen and oxygen atoms in total. The highest BCUT2D eigenvalue weighted by molar-refractivity contribution is 7.99. The van der Waals surface area contributed by atoms with Crippen molar-refractivity contribution in [2.45, 2.75) is 35.4 Å². The first-order chi connectivity index (χ1) is 17.4. The fraction of sp³-hybridized carbons (Fsp3) is 0.409. The van der Waals surface area contributed by atoms with Crippen LogP contribution in [-0.4, -0.2) is 81.3 Å². The van der Waals surface area contributed by atoms with Crippen molar-refractivity contribution in [3.63, 3.8) is 0 Å². The van der Waals surface area contributed by atoms with Crippen LogP contribution < -0.4 is 10.1 Å². The molecule has 1 amide bonds. The summed E-state index contributed by atoms with van der Waals surface area (Å²) in [6, 6.07) is 9.52. The van der Waals surface area contributed by atoms with Crippen LogP contribution in [-0.2, 0) is 14.6 Å². The fourth-order valence-corrected chi connectivity index (χ4v) is 7.03. The number of carbonyl (C=O) groups excluding carboxylic acids is 1. The number of rotatable bonds is 7. The predicted octanol–water partition coefficient (Wildman–Crippen LogP) is 2.49. The number of benzene rings is 1. The van der Waals surface area contributed by atoms with Gasteiger partial charge in [0.1, 0.15) is 6.10 Å². The van der Waals surface area contributed by atoms with Gasteiger partial charge in [0.25, 0.3) is 0 Å². The monoisotopic (exact) mass is 545 g/mol. The van der Waals surface area contributed by atoms with E-state index in [1.807, 2.05) is 35.2 Å². The van der Waals surface area contributed by atoms with E-state index in [1.165, 1.54) is 29.5 Å². The van der Waals surface area contributed by atoms with Gasteiger partial charge in [0.05, 0.1) is 28.3 Å². The van der Waals surface area contributed by atoms with Crippen molar-refractivity contribution in [1.82, 2.24) is 29.7 Å². The van der Waals surface area contributed by atoms with Crippen LogP contribution in [0.3, 0.4) is 0 Å². The van der Waals surface area contributed by atoms with Gasteiger partial charge in [-0.15, -0.1) is 15.3 Å². The number of ether oxygens (including phenoxy) is 1. The molecule has 2 aliphatic rings. The third kappa shape index (κ3) is 5.16. The smallest absolute Gasteiger partial charge is 0.240 e. The molecule has 0 atom stereocenters. The van der Waals surface area contributed by atoms with Crippen LogP contribution in [0.25, 0.3) is 15.9 Å². The van der Waals surface area contributed by atoms with Crippen LogP contribution in [0.4, 0.5) is 5.13 Å². The molecule has 4 heterocycles. The average Bonchev–Trinajstić information content (AvgIpc) is 3.40. The zero-order valence-corrected chi connectivity index (χ0v) is 21.6. The minimum atomic E-state index is -2.97. The molecule has 1 aliphatic carbocycles. The Morgan fingerprint density at radius 2 is 2.00 bits per heavy atom. The Kier molecular flexibility index (Phi) is 6.27. The molecule has 4 aromatic rings. The molecule has 188 valence electrons. The van der Waals surface area contributed by atoms with Gasteiger partial charge in [-0.3, -0.25) is 9.69 Å². The van der Waals surface area contributed by atoms with Crippen molar-refractivity contribution in [1.29, 1.82) is 0 Å². The largest absolute Gasteiger partial charge is 0.473 e. The molecule has 1 aliphatic heterocycles. The zero-order valence-electron chi connectivity index (χ0n) is 19.2. The number of thiazole rings is 1. The van der Waals surface area contributed by atoms with Crippen molar-refractivity contribution < 1.29 is 17.9 Å². The van der Waals surface area contributed by atoms with E-state index in [0.29, 0.717) is 34.9 Å². The van der Waals surface area contributed by atoms with Gasteiger partial charge in [-0.05, 0) is 55.3 Å². The summed E-state index contributed by atoms with van der Waals surface area (Å²) in [5, 5.41) is 17.0. The van der Waals surface area contributed by atoms with Gasteiger partial charge >= 0.3 is 0 Å². The summed E-state index contributed by atoms with van der Waals surface area (Å²) < 4.78 is 31.7. The highest BCUT2D eigenvalue weighted by Crippen LogP contribution is 2.33. The lowest BCUT2D eigenvalue weighted by atomic mass is 9.96. The molecule has 36 heavy (non-hydrogen) atoms. The Morgan fingerprint density at radius 3 is 2.78 bits per heavy atom. The normalized spacial score (nSPS) is 18.3. The first-order valence-electron chi connectivity index (χ1n) is 11.6. The number of aromatic nitrogens is 5. The van der Waals surface area contributed by atoms with E-state index in [1.54, 1.807) is 4.52 Å². The maximum Gasteiger partial charge on any atom is 0.240 e. The van der Waals surface area contributed by atoms with Crippen molar-refractivity contribution in [2.75, 3.05) is 36.5 Å². The first kappa shape index (κ1) is 23.6. The van der Waals surface area contributed by atoms with E-state index in [0.717, 1.165) is 28.0 Å². The summed E-state index contributed by atoms with van der Waals surface area (Å²) in [5.41, 5.74) is 1.43. The number of carbonyl (C=O) groups is 1. The minimum absolute atomic E-state index is 0.0908. The Labute approximate surface area is 215 Å². The molecule has 14 heteroatoms. The van der Waals surface area contributed by atoms with Gasteiger partial charge in [0.2, 0.25) is 16.9 Å². The summed E-state index contributed by atoms with van der Waals surface area (Å²) >= 11 is 2.83. The van der Waals surface area contributed by atoms with Gasteiger partial charge in [-0.25, -0.2) is 13.4 Å². The second kappa shape index (κ2) is 9.57. The van der Waals surface area contributed by atoms with E-state index < -0.39 is 9.84 Å². The maximum absolute atomic E-state index is 12.5. The van der Waals surface area contributed by atoms with Gasteiger partial charge in [-0.1, -0.05) is 11.3 Å². The van der Waals surface area contributed by atoms with Gasteiger partial charge in [0, 0.05) is 24.1 Å². The second-order valence-corrected chi connectivity index (χ2v) is 13.2. The van der Waals surface area contributed by atoms with E-state index >= 15 is 0 Å². The molecule has 1 saturated heterocycles. The number of fused-ring (bicyclic) bond motifs is 2. The standard InChI is InChI=1S/C22H23N7O4S3/c30-19(13-28-8-10-36(31,32)11-9-28)24-21-23-16-5-4-15(12-17(16)35-21)34-22-26-25-18-6-7-20(27-29(18)22)33-14-2-1-3-14/h4-7,12,14H,1-3,8-11,13H2,(H,23,24,30). The van der Waals surface area contributed by atoms with Crippen LogP contribution in [0.15, 0.2) is 40.4 Å². The Hall–Kier alpha value is -2.81. The number of amides is 1. The molecular formula is C22H23N7O4S3. The lowest BCUT2D eigenvalue weighted by Gasteiger charge is -2.25. The summed E-state index contributed by atoms with van der Waals surface area (Å²) in [6.07, 6.45) is 3.55. The van der Waals surface area contributed by atoms with Crippen LogP contribution in [0, 0.1) is 0 Å². The fourth-order valence-electron chi connectivity index (χ4n) is 3.94. The summed E-state index contributed by atoms with van der Waals surface area (Å²) in [7, 11) is -2.97. The van der Waals surface area contributed by atoms with Gasteiger partial charge in [0.15, 0.2) is 20.6 Å². The number of anilines is 1. The summed E-state index contributed by atoms with van der Waals surface area (Å²) in [4.78, 5) is 19.8. The van der Waals surface area contributed by atoms with Gasteiger partial charge in [-0.2, -0.15) is 4.52 Å². The first-order valence-corrected chi connectivity index (χ1v) is 15.1. The molecule has 0 unspecified atom stereocenters. The number of nitrogens with one attached hydrogen (secondary N) is 1. The molecule has 0 radical (unpaired) electrons. The lowest BCUT2D eigenvalue weighted by molar-refractivity contribution is -0.117. The second-order valence-electron chi connectivity index (χ2n) is 8.82. The molecule has 0 bridgehead atoms.